The summed E-state index contributed by atoms with van der Waals surface area (Å²) in [4.78, 5) is 12.0. The minimum absolute atomic E-state index is 0.0293. The molecule has 0 bridgehead atoms. The van der Waals surface area contributed by atoms with Crippen molar-refractivity contribution in [3.8, 4) is 5.75 Å². The maximum atomic E-state index is 14.4. The fourth-order valence-corrected chi connectivity index (χ4v) is 2.85. The Kier molecular flexibility index (Phi) is 5.64. The van der Waals surface area contributed by atoms with Crippen LogP contribution in [0.4, 0.5) is 13.6 Å². The van der Waals surface area contributed by atoms with Gasteiger partial charge in [0.2, 0.25) is 0 Å². The molecule has 134 valence electrons. The lowest BCUT2D eigenvalue weighted by Gasteiger charge is -2.34. The Morgan fingerprint density at radius 2 is 1.92 bits per heavy atom. The molecule has 2 rings (SSSR count). The van der Waals surface area contributed by atoms with Crippen LogP contribution in [0.1, 0.15) is 38.7 Å². The summed E-state index contributed by atoms with van der Waals surface area (Å²) in [5.74, 6) is -1.70. The first-order valence-electron chi connectivity index (χ1n) is 7.94. The van der Waals surface area contributed by atoms with E-state index in [4.69, 9.17) is 9.47 Å². The lowest BCUT2D eigenvalue weighted by molar-refractivity contribution is 0.0488. The number of nitrogens with one attached hydrogen (secondary N) is 2. The summed E-state index contributed by atoms with van der Waals surface area (Å²) in [6.45, 7) is 6.29. The van der Waals surface area contributed by atoms with Gasteiger partial charge in [-0.05, 0) is 33.7 Å². The van der Waals surface area contributed by atoms with E-state index < -0.39 is 35.3 Å². The topological polar surface area (TPSA) is 59.6 Å². The van der Waals surface area contributed by atoms with Gasteiger partial charge in [0.15, 0.2) is 0 Å². The van der Waals surface area contributed by atoms with Gasteiger partial charge in [-0.2, -0.15) is 0 Å². The molecule has 1 fully saturated rings. The fourth-order valence-electron chi connectivity index (χ4n) is 2.85. The molecule has 1 aromatic carbocycles. The molecule has 1 heterocycles. The second-order valence-electron chi connectivity index (χ2n) is 6.86. The largest absolute Gasteiger partial charge is 0.497 e. The van der Waals surface area contributed by atoms with E-state index in [-0.39, 0.29) is 11.3 Å². The standard InChI is InChI=1S/C17H24F2N2O3/c1-17(2,3)24-16(22)21-14-9-20-6-5-11(14)15-12(18)7-10(23-4)8-13(15)19/h7-8,11,14,20H,5-6,9H2,1-4H3,(H,21,22)/t11-,14-/m1/s1. The highest BCUT2D eigenvalue weighted by Gasteiger charge is 2.33. The summed E-state index contributed by atoms with van der Waals surface area (Å²) in [5.41, 5.74) is -0.670. The number of carbonyl (C=O) groups is 1. The molecule has 5 nitrogen and oxygen atoms in total. The lowest BCUT2D eigenvalue weighted by atomic mass is 9.85. The van der Waals surface area contributed by atoms with Crippen molar-refractivity contribution >= 4 is 6.09 Å². The van der Waals surface area contributed by atoms with E-state index in [1.807, 2.05) is 0 Å². The highest BCUT2D eigenvalue weighted by Crippen LogP contribution is 2.32. The monoisotopic (exact) mass is 342 g/mol. The number of amides is 1. The molecule has 0 saturated carbocycles. The molecule has 0 aliphatic carbocycles. The number of piperidine rings is 1. The first kappa shape index (κ1) is 18.4. The predicted octanol–water partition coefficient (Wildman–Crippen LogP) is 2.94. The summed E-state index contributed by atoms with van der Waals surface area (Å²) in [6, 6.07) is 1.85. The molecule has 0 spiro atoms. The Bertz CT molecular complexity index is 579. The molecule has 7 heteroatoms. The molecule has 2 N–H and O–H groups in total. The predicted molar refractivity (Wildman–Crippen MR) is 86.3 cm³/mol. The minimum Gasteiger partial charge on any atom is -0.497 e. The van der Waals surface area contributed by atoms with E-state index in [0.717, 1.165) is 12.1 Å². The second-order valence-corrected chi connectivity index (χ2v) is 6.86. The zero-order valence-electron chi connectivity index (χ0n) is 14.4. The van der Waals surface area contributed by atoms with Crippen LogP contribution < -0.4 is 15.4 Å². The van der Waals surface area contributed by atoms with Crippen LogP contribution in [-0.4, -0.2) is 37.9 Å². The van der Waals surface area contributed by atoms with Gasteiger partial charge in [0.05, 0.1) is 13.2 Å². The molecule has 0 radical (unpaired) electrons. The SMILES string of the molecule is COc1cc(F)c([C@@H]2CCNC[C@H]2NC(=O)OC(C)(C)C)c(F)c1. The van der Waals surface area contributed by atoms with E-state index in [0.29, 0.717) is 19.5 Å². The molecule has 1 amide bonds. The van der Waals surface area contributed by atoms with Crippen molar-refractivity contribution in [3.05, 3.63) is 29.3 Å². The number of carbonyl (C=O) groups excluding carboxylic acids is 1. The third kappa shape index (κ3) is 4.56. The van der Waals surface area contributed by atoms with Gasteiger partial charge < -0.3 is 20.1 Å². The van der Waals surface area contributed by atoms with Crippen LogP contribution in [0.2, 0.25) is 0 Å². The average Bonchev–Trinajstić information content (AvgIpc) is 2.46. The first-order chi connectivity index (χ1) is 11.2. The summed E-state index contributed by atoms with van der Waals surface area (Å²) in [5, 5.41) is 5.84. The molecular weight excluding hydrogens is 318 g/mol. The highest BCUT2D eigenvalue weighted by molar-refractivity contribution is 5.68. The number of benzene rings is 1. The maximum Gasteiger partial charge on any atom is 0.407 e. The van der Waals surface area contributed by atoms with Crippen LogP contribution in [0.15, 0.2) is 12.1 Å². The normalized spacial score (nSPS) is 21.2. The molecule has 24 heavy (non-hydrogen) atoms. The van der Waals surface area contributed by atoms with Gasteiger partial charge in [0.1, 0.15) is 23.0 Å². The van der Waals surface area contributed by atoms with Crippen LogP contribution >= 0.6 is 0 Å². The van der Waals surface area contributed by atoms with Gasteiger partial charge in [-0.1, -0.05) is 0 Å². The zero-order chi connectivity index (χ0) is 17.9. The van der Waals surface area contributed by atoms with Crippen LogP contribution in [0.3, 0.4) is 0 Å². The molecule has 2 atom stereocenters. The van der Waals surface area contributed by atoms with Gasteiger partial charge in [-0.25, -0.2) is 13.6 Å². The van der Waals surface area contributed by atoms with Crippen LogP contribution in [0.25, 0.3) is 0 Å². The maximum absolute atomic E-state index is 14.4. The van der Waals surface area contributed by atoms with Crippen molar-refractivity contribution in [2.24, 2.45) is 0 Å². The first-order valence-corrected chi connectivity index (χ1v) is 7.94. The summed E-state index contributed by atoms with van der Waals surface area (Å²) in [6.07, 6.45) is -0.101. The van der Waals surface area contributed by atoms with Crippen LogP contribution in [0, 0.1) is 11.6 Å². The number of methoxy groups -OCH3 is 1. The average molecular weight is 342 g/mol. The van der Waals surface area contributed by atoms with E-state index in [9.17, 15) is 13.6 Å². The van der Waals surface area contributed by atoms with Crippen molar-refractivity contribution in [2.45, 2.75) is 44.8 Å². The van der Waals surface area contributed by atoms with E-state index in [1.165, 1.54) is 7.11 Å². The van der Waals surface area contributed by atoms with Crippen molar-refractivity contribution in [1.82, 2.24) is 10.6 Å². The Labute approximate surface area is 140 Å². The van der Waals surface area contributed by atoms with Gasteiger partial charge >= 0.3 is 6.09 Å². The Balaban J connectivity index is 2.22. The molecule has 0 unspecified atom stereocenters. The fraction of sp³-hybridized carbons (Fsp3) is 0.588. The number of rotatable bonds is 3. The summed E-state index contributed by atoms with van der Waals surface area (Å²) < 4.78 is 38.9. The van der Waals surface area contributed by atoms with Crippen LogP contribution in [0.5, 0.6) is 5.75 Å². The Morgan fingerprint density at radius 3 is 2.46 bits per heavy atom. The third-order valence-electron chi connectivity index (χ3n) is 3.84. The van der Waals surface area contributed by atoms with Gasteiger partial charge in [0, 0.05) is 30.2 Å². The quantitative estimate of drug-likeness (QED) is 0.887. The number of hydrogen-bond acceptors (Lipinski definition) is 4. The highest BCUT2D eigenvalue weighted by atomic mass is 19.1. The lowest BCUT2D eigenvalue weighted by Crippen LogP contribution is -2.51. The van der Waals surface area contributed by atoms with Gasteiger partial charge in [-0.15, -0.1) is 0 Å². The Hall–Kier alpha value is -1.89. The van der Waals surface area contributed by atoms with Crippen molar-refractivity contribution in [1.29, 1.82) is 0 Å². The summed E-state index contributed by atoms with van der Waals surface area (Å²) >= 11 is 0. The molecule has 1 saturated heterocycles. The van der Waals surface area contributed by atoms with E-state index >= 15 is 0 Å². The van der Waals surface area contributed by atoms with Crippen molar-refractivity contribution in [3.63, 3.8) is 0 Å². The molecule has 1 aliphatic rings. The van der Waals surface area contributed by atoms with Crippen molar-refractivity contribution in [2.75, 3.05) is 20.2 Å². The molecule has 0 aromatic heterocycles. The number of halogens is 2. The molecular formula is C17H24F2N2O3. The van der Waals surface area contributed by atoms with Crippen LogP contribution in [-0.2, 0) is 4.74 Å². The van der Waals surface area contributed by atoms with Gasteiger partial charge in [0.25, 0.3) is 0 Å². The zero-order valence-corrected chi connectivity index (χ0v) is 14.4. The Morgan fingerprint density at radius 1 is 1.29 bits per heavy atom. The summed E-state index contributed by atoms with van der Waals surface area (Å²) in [7, 11) is 1.35. The smallest absolute Gasteiger partial charge is 0.407 e. The van der Waals surface area contributed by atoms with Crippen molar-refractivity contribution < 1.29 is 23.0 Å². The van der Waals surface area contributed by atoms with E-state index in [2.05, 4.69) is 10.6 Å². The molecule has 1 aromatic rings. The van der Waals surface area contributed by atoms with Gasteiger partial charge in [-0.3, -0.25) is 0 Å². The molecule has 1 aliphatic heterocycles. The number of hydrogen-bond donors (Lipinski definition) is 2. The third-order valence-corrected chi connectivity index (χ3v) is 3.84. The number of alkyl carbamates (subject to hydrolysis) is 1. The second kappa shape index (κ2) is 7.34. The number of ether oxygens (including phenoxy) is 2. The minimum atomic E-state index is -0.672. The van der Waals surface area contributed by atoms with E-state index in [1.54, 1.807) is 20.8 Å².